The molecule has 29 heavy (non-hydrogen) atoms. The summed E-state index contributed by atoms with van der Waals surface area (Å²) in [5.74, 6) is -0.395. The van der Waals surface area contributed by atoms with Gasteiger partial charge in [-0.1, -0.05) is 43.3 Å². The van der Waals surface area contributed by atoms with Crippen LogP contribution in [0.5, 0.6) is 5.75 Å². The first-order valence-corrected chi connectivity index (χ1v) is 9.43. The second-order valence-corrected chi connectivity index (χ2v) is 6.78. The van der Waals surface area contributed by atoms with Crippen LogP contribution in [-0.2, 0) is 17.8 Å². The van der Waals surface area contributed by atoms with Gasteiger partial charge in [0.15, 0.2) is 11.8 Å². The number of hydrogen-bond acceptors (Lipinski definition) is 5. The van der Waals surface area contributed by atoms with Crippen LogP contribution in [0.4, 0.5) is 0 Å². The summed E-state index contributed by atoms with van der Waals surface area (Å²) in [6.45, 7) is 2.31. The molecule has 1 atom stereocenters. The third-order valence-electron chi connectivity index (χ3n) is 4.76. The number of aryl methyl sites for hydroxylation is 1. The van der Waals surface area contributed by atoms with E-state index in [0.29, 0.717) is 35.9 Å². The molecular formula is C21H20N4O4. The number of amides is 2. The van der Waals surface area contributed by atoms with E-state index in [0.717, 1.165) is 5.56 Å². The second kappa shape index (κ2) is 7.75. The van der Waals surface area contributed by atoms with Gasteiger partial charge in [0.1, 0.15) is 5.75 Å². The van der Waals surface area contributed by atoms with Crippen molar-refractivity contribution in [3.8, 4) is 5.75 Å². The summed E-state index contributed by atoms with van der Waals surface area (Å²) in [4.78, 5) is 37.7. The SMILES string of the molecule is CCCn1nc(C(=O)NNC(=O)[C@H]2Cc3ccccc3O2)c2ccccc2c1=O. The van der Waals surface area contributed by atoms with E-state index >= 15 is 0 Å². The van der Waals surface area contributed by atoms with Crippen molar-refractivity contribution >= 4 is 22.6 Å². The number of ether oxygens (including phenoxy) is 1. The Bertz CT molecular complexity index is 1130. The zero-order valence-corrected chi connectivity index (χ0v) is 15.8. The Kier molecular flexibility index (Phi) is 4.99. The first-order chi connectivity index (χ1) is 14.1. The largest absolute Gasteiger partial charge is 0.480 e. The Hall–Kier alpha value is -3.68. The maximum Gasteiger partial charge on any atom is 0.290 e. The maximum atomic E-state index is 12.7. The van der Waals surface area contributed by atoms with Crippen LogP contribution in [0.3, 0.4) is 0 Å². The standard InChI is InChI=1S/C21H20N4O4/c1-2-11-25-21(28)15-9-5-4-8-14(15)18(24-25)20(27)23-22-19(26)17-12-13-7-3-6-10-16(13)29-17/h3-10,17H,2,11-12H2,1H3,(H,22,26)(H,23,27)/t17-/m1/s1. The van der Waals surface area contributed by atoms with E-state index in [-0.39, 0.29) is 11.3 Å². The third kappa shape index (κ3) is 3.56. The lowest BCUT2D eigenvalue weighted by atomic mass is 10.1. The molecule has 2 N–H and O–H groups in total. The monoisotopic (exact) mass is 392 g/mol. The van der Waals surface area contributed by atoms with Gasteiger partial charge in [-0.3, -0.25) is 25.2 Å². The minimum atomic E-state index is -0.716. The molecule has 0 bridgehead atoms. The molecule has 0 unspecified atom stereocenters. The molecule has 1 aliphatic rings. The molecule has 1 aliphatic heterocycles. The Morgan fingerprint density at radius 3 is 2.59 bits per heavy atom. The van der Waals surface area contributed by atoms with Crippen molar-refractivity contribution in [3.63, 3.8) is 0 Å². The van der Waals surface area contributed by atoms with Crippen LogP contribution in [0, 0.1) is 0 Å². The number of nitrogens with zero attached hydrogens (tertiary/aromatic N) is 2. The Balaban J connectivity index is 1.52. The van der Waals surface area contributed by atoms with Gasteiger partial charge in [-0.15, -0.1) is 0 Å². The van der Waals surface area contributed by atoms with Gasteiger partial charge in [-0.2, -0.15) is 5.10 Å². The topological polar surface area (TPSA) is 102 Å². The van der Waals surface area contributed by atoms with Crippen LogP contribution in [-0.4, -0.2) is 27.7 Å². The van der Waals surface area contributed by atoms with Gasteiger partial charge in [0.2, 0.25) is 0 Å². The first-order valence-electron chi connectivity index (χ1n) is 9.43. The molecule has 0 saturated carbocycles. The average Bonchev–Trinajstić information content (AvgIpc) is 3.18. The van der Waals surface area contributed by atoms with E-state index in [4.69, 9.17) is 4.74 Å². The van der Waals surface area contributed by atoms with E-state index in [9.17, 15) is 14.4 Å². The van der Waals surface area contributed by atoms with Gasteiger partial charge in [0.25, 0.3) is 17.4 Å². The Morgan fingerprint density at radius 2 is 1.83 bits per heavy atom. The number of para-hydroxylation sites is 1. The lowest BCUT2D eigenvalue weighted by Gasteiger charge is -2.13. The number of nitrogens with one attached hydrogen (secondary N) is 2. The van der Waals surface area contributed by atoms with Gasteiger partial charge in [-0.05, 0) is 24.1 Å². The van der Waals surface area contributed by atoms with Crippen LogP contribution in [0.15, 0.2) is 53.3 Å². The van der Waals surface area contributed by atoms with Crippen molar-refractivity contribution in [2.75, 3.05) is 0 Å². The fourth-order valence-corrected chi connectivity index (χ4v) is 3.35. The molecule has 0 radical (unpaired) electrons. The van der Waals surface area contributed by atoms with Crippen LogP contribution >= 0.6 is 0 Å². The highest BCUT2D eigenvalue weighted by molar-refractivity contribution is 6.05. The van der Waals surface area contributed by atoms with Crippen LogP contribution in [0.25, 0.3) is 10.8 Å². The summed E-state index contributed by atoms with van der Waals surface area (Å²) in [7, 11) is 0. The van der Waals surface area contributed by atoms with Crippen LogP contribution in [0.1, 0.15) is 29.4 Å². The normalized spacial score (nSPS) is 14.9. The zero-order chi connectivity index (χ0) is 20.4. The Morgan fingerprint density at radius 1 is 1.10 bits per heavy atom. The summed E-state index contributed by atoms with van der Waals surface area (Å²) in [6.07, 6.45) is 0.412. The highest BCUT2D eigenvalue weighted by Crippen LogP contribution is 2.28. The number of hydrogen-bond donors (Lipinski definition) is 2. The number of hydrazine groups is 1. The molecule has 8 heteroatoms. The minimum Gasteiger partial charge on any atom is -0.480 e. The van der Waals surface area contributed by atoms with Crippen molar-refractivity contribution in [1.82, 2.24) is 20.6 Å². The lowest BCUT2D eigenvalue weighted by molar-refractivity contribution is -0.128. The van der Waals surface area contributed by atoms with Crippen LogP contribution in [0.2, 0.25) is 0 Å². The predicted molar refractivity (Wildman–Crippen MR) is 106 cm³/mol. The van der Waals surface area contributed by atoms with Gasteiger partial charge < -0.3 is 4.74 Å². The molecule has 4 rings (SSSR count). The third-order valence-corrected chi connectivity index (χ3v) is 4.76. The molecule has 2 heterocycles. The van der Waals surface area contributed by atoms with Crippen molar-refractivity contribution < 1.29 is 14.3 Å². The van der Waals surface area contributed by atoms with Crippen molar-refractivity contribution in [2.24, 2.45) is 0 Å². The molecule has 0 aliphatic carbocycles. The van der Waals surface area contributed by atoms with Crippen molar-refractivity contribution in [1.29, 1.82) is 0 Å². The molecule has 148 valence electrons. The fourth-order valence-electron chi connectivity index (χ4n) is 3.35. The number of fused-ring (bicyclic) bond motifs is 2. The number of carbonyl (C=O) groups is 2. The summed E-state index contributed by atoms with van der Waals surface area (Å²) in [5.41, 5.74) is 5.55. The summed E-state index contributed by atoms with van der Waals surface area (Å²) in [5, 5.41) is 5.04. The number of carbonyl (C=O) groups excluding carboxylic acids is 2. The van der Waals surface area contributed by atoms with Crippen molar-refractivity contribution in [2.45, 2.75) is 32.4 Å². The zero-order valence-electron chi connectivity index (χ0n) is 15.8. The molecule has 8 nitrogen and oxygen atoms in total. The fraction of sp³-hybridized carbons (Fsp3) is 0.238. The lowest BCUT2D eigenvalue weighted by Crippen LogP contribution is -2.48. The predicted octanol–water partition coefficient (Wildman–Crippen LogP) is 1.57. The second-order valence-electron chi connectivity index (χ2n) is 6.78. The van der Waals surface area contributed by atoms with E-state index in [1.807, 2.05) is 25.1 Å². The Labute approximate surface area is 166 Å². The highest BCUT2D eigenvalue weighted by atomic mass is 16.5. The summed E-state index contributed by atoms with van der Waals surface area (Å²) in [6, 6.07) is 14.2. The smallest absolute Gasteiger partial charge is 0.290 e. The molecule has 1 aromatic heterocycles. The maximum absolute atomic E-state index is 12.7. The molecule has 3 aromatic rings. The molecule has 0 fully saturated rings. The molecular weight excluding hydrogens is 372 g/mol. The number of aromatic nitrogens is 2. The summed E-state index contributed by atoms with van der Waals surface area (Å²) >= 11 is 0. The van der Waals surface area contributed by atoms with E-state index < -0.39 is 17.9 Å². The molecule has 0 saturated heterocycles. The summed E-state index contributed by atoms with van der Waals surface area (Å²) < 4.78 is 6.89. The number of benzene rings is 2. The van der Waals surface area contributed by atoms with Gasteiger partial charge >= 0.3 is 0 Å². The highest BCUT2D eigenvalue weighted by Gasteiger charge is 2.29. The van der Waals surface area contributed by atoms with Crippen molar-refractivity contribution in [3.05, 3.63) is 70.1 Å². The van der Waals surface area contributed by atoms with Gasteiger partial charge in [-0.25, -0.2) is 4.68 Å². The molecule has 0 spiro atoms. The van der Waals surface area contributed by atoms with E-state index in [1.54, 1.807) is 30.3 Å². The van der Waals surface area contributed by atoms with Crippen LogP contribution < -0.4 is 21.1 Å². The first kappa shape index (κ1) is 18.7. The quantitative estimate of drug-likeness (QED) is 0.656. The molecule has 2 aromatic carbocycles. The van der Waals surface area contributed by atoms with Gasteiger partial charge in [0.05, 0.1) is 5.39 Å². The van der Waals surface area contributed by atoms with E-state index in [2.05, 4.69) is 16.0 Å². The minimum absolute atomic E-state index is 0.0737. The average molecular weight is 392 g/mol. The van der Waals surface area contributed by atoms with Gasteiger partial charge in [0, 0.05) is 18.4 Å². The molecule has 2 amide bonds. The van der Waals surface area contributed by atoms with E-state index in [1.165, 1.54) is 4.68 Å². The number of rotatable bonds is 4.